The van der Waals surface area contributed by atoms with Crippen LogP contribution >= 0.6 is 8.69 Å². The summed E-state index contributed by atoms with van der Waals surface area (Å²) in [5.41, 5.74) is 1.35. The minimum absolute atomic E-state index is 0.693. The molecule has 0 fully saturated rings. The predicted octanol–water partition coefficient (Wildman–Crippen LogP) is 8.03. The van der Waals surface area contributed by atoms with Gasteiger partial charge in [-0.25, -0.2) is 0 Å². The first kappa shape index (κ1) is 22.2. The number of hydrogen-bond donors (Lipinski definition) is 0. The monoisotopic (exact) mass is 365 g/mol. The average molecular weight is 366 g/mol. The molecule has 0 spiro atoms. The summed E-state index contributed by atoms with van der Waals surface area (Å²) in [6.45, 7) is 2.28. The summed E-state index contributed by atoms with van der Waals surface area (Å²) in [4.78, 5) is 0. The fourth-order valence-electron chi connectivity index (χ4n) is 3.30. The molecule has 0 N–H and O–H groups in total. The van der Waals surface area contributed by atoms with Gasteiger partial charge in [0.15, 0.2) is 5.75 Å². The van der Waals surface area contributed by atoms with Crippen molar-refractivity contribution in [3.63, 3.8) is 0 Å². The summed E-state index contributed by atoms with van der Waals surface area (Å²) >= 11 is 0. The Kier molecular flexibility index (Phi) is 14.7. The van der Waals surface area contributed by atoms with Crippen LogP contribution in [0.2, 0.25) is 0 Å². The van der Waals surface area contributed by atoms with E-state index in [-0.39, 0.29) is 0 Å². The maximum atomic E-state index is 10.4. The lowest BCUT2D eigenvalue weighted by Crippen LogP contribution is -1.87. The fourth-order valence-corrected chi connectivity index (χ4v) is 3.53. The highest BCUT2D eigenvalue weighted by molar-refractivity contribution is 7.17. The summed E-state index contributed by atoms with van der Waals surface area (Å²) in [5, 5.41) is 0. The Labute approximate surface area is 157 Å². The van der Waals surface area contributed by atoms with E-state index in [2.05, 4.69) is 19.1 Å². The lowest BCUT2D eigenvalue weighted by Gasteiger charge is -2.04. The molecule has 0 aliphatic rings. The minimum Gasteiger partial charge on any atom is -0.256 e. The van der Waals surface area contributed by atoms with E-state index in [1.54, 1.807) is 0 Å². The molecular formula is C22H38O2P+. The molecule has 0 saturated carbocycles. The molecule has 142 valence electrons. The van der Waals surface area contributed by atoms with Crippen LogP contribution in [0.25, 0.3) is 0 Å². The normalized spacial score (nSPS) is 11.1. The third-order valence-electron chi connectivity index (χ3n) is 4.90. The Balaban J connectivity index is 1.83. The molecule has 0 bridgehead atoms. The van der Waals surface area contributed by atoms with E-state index in [1.807, 2.05) is 12.1 Å². The zero-order valence-corrected chi connectivity index (χ0v) is 17.2. The maximum Gasteiger partial charge on any atom is 0.542 e. The van der Waals surface area contributed by atoms with Gasteiger partial charge in [-0.1, -0.05) is 103 Å². The molecule has 1 atom stereocenters. The van der Waals surface area contributed by atoms with Crippen LogP contribution in [0.4, 0.5) is 0 Å². The third-order valence-corrected chi connectivity index (χ3v) is 5.22. The van der Waals surface area contributed by atoms with Crippen molar-refractivity contribution in [2.24, 2.45) is 0 Å². The number of unbranched alkanes of at least 4 members (excludes halogenated alkanes) is 13. The highest BCUT2D eigenvalue weighted by Gasteiger charge is 1.99. The Morgan fingerprint density at radius 2 is 1.12 bits per heavy atom. The molecule has 1 rings (SSSR count). The first-order valence-electron chi connectivity index (χ1n) is 10.5. The predicted molar refractivity (Wildman–Crippen MR) is 110 cm³/mol. The van der Waals surface area contributed by atoms with Crippen LogP contribution in [0.15, 0.2) is 24.3 Å². The van der Waals surface area contributed by atoms with E-state index in [0.717, 1.165) is 6.42 Å². The van der Waals surface area contributed by atoms with Crippen molar-refractivity contribution in [2.75, 3.05) is 0 Å². The highest BCUT2D eigenvalue weighted by atomic mass is 31.1. The Morgan fingerprint density at radius 3 is 1.56 bits per heavy atom. The van der Waals surface area contributed by atoms with Crippen molar-refractivity contribution in [1.82, 2.24) is 0 Å². The Morgan fingerprint density at radius 1 is 0.680 bits per heavy atom. The van der Waals surface area contributed by atoms with Crippen molar-refractivity contribution in [1.29, 1.82) is 0 Å². The van der Waals surface area contributed by atoms with Crippen LogP contribution < -0.4 is 4.52 Å². The van der Waals surface area contributed by atoms with E-state index >= 15 is 0 Å². The van der Waals surface area contributed by atoms with Crippen LogP contribution in [0, 0.1) is 0 Å². The van der Waals surface area contributed by atoms with Gasteiger partial charge in [0.2, 0.25) is 0 Å². The average Bonchev–Trinajstić information content (AvgIpc) is 2.63. The van der Waals surface area contributed by atoms with Gasteiger partial charge in [0, 0.05) is 0 Å². The number of rotatable bonds is 17. The van der Waals surface area contributed by atoms with Crippen molar-refractivity contribution in [2.45, 2.75) is 103 Å². The molecule has 3 heteroatoms. The second-order valence-electron chi connectivity index (χ2n) is 7.18. The summed E-state index contributed by atoms with van der Waals surface area (Å²) < 4.78 is 15.4. The topological polar surface area (TPSA) is 26.3 Å². The smallest absolute Gasteiger partial charge is 0.256 e. The van der Waals surface area contributed by atoms with Gasteiger partial charge in [0.25, 0.3) is 0 Å². The molecule has 1 aromatic rings. The molecule has 0 aliphatic heterocycles. The largest absolute Gasteiger partial charge is 0.542 e. The highest BCUT2D eigenvalue weighted by Crippen LogP contribution is 2.18. The molecule has 1 aromatic carbocycles. The number of aryl methyl sites for hydroxylation is 1. The van der Waals surface area contributed by atoms with Crippen LogP contribution in [0.5, 0.6) is 5.75 Å². The van der Waals surface area contributed by atoms with Crippen LogP contribution in [-0.4, -0.2) is 0 Å². The van der Waals surface area contributed by atoms with E-state index in [9.17, 15) is 4.57 Å². The first-order chi connectivity index (χ1) is 12.4. The summed E-state index contributed by atoms with van der Waals surface area (Å²) in [6, 6.07) is 7.98. The Bertz CT molecular complexity index is 417. The Hall–Kier alpha value is -0.880. The van der Waals surface area contributed by atoms with Crippen molar-refractivity contribution in [3.8, 4) is 5.75 Å². The zero-order chi connectivity index (χ0) is 18.0. The molecule has 2 nitrogen and oxygen atoms in total. The summed E-state index contributed by atoms with van der Waals surface area (Å²) in [7, 11) is -0.719. The van der Waals surface area contributed by atoms with Gasteiger partial charge < -0.3 is 0 Å². The van der Waals surface area contributed by atoms with Crippen molar-refractivity contribution < 1.29 is 9.09 Å². The van der Waals surface area contributed by atoms with Gasteiger partial charge in [0.05, 0.1) is 0 Å². The molecule has 25 heavy (non-hydrogen) atoms. The minimum atomic E-state index is -0.719. The molecule has 0 radical (unpaired) electrons. The SMILES string of the molecule is CCCCCCCCCCCCCCCCc1ccc(O[PH+]=O)cc1. The van der Waals surface area contributed by atoms with Crippen molar-refractivity contribution in [3.05, 3.63) is 29.8 Å². The van der Waals surface area contributed by atoms with Gasteiger partial charge in [-0.2, -0.15) is 0 Å². The molecule has 0 aliphatic carbocycles. The maximum absolute atomic E-state index is 10.4. The van der Waals surface area contributed by atoms with Crippen LogP contribution in [0.1, 0.15) is 102 Å². The third kappa shape index (κ3) is 13.0. The van der Waals surface area contributed by atoms with E-state index in [4.69, 9.17) is 4.52 Å². The fraction of sp³-hybridized carbons (Fsp3) is 0.727. The van der Waals surface area contributed by atoms with E-state index in [0.29, 0.717) is 5.75 Å². The van der Waals surface area contributed by atoms with Crippen LogP contribution in [0.3, 0.4) is 0 Å². The lowest BCUT2D eigenvalue weighted by atomic mass is 10.0. The standard InChI is InChI=1S/C22H38O2P/c1-2-3-4-5-6-7-8-9-10-11-12-13-14-15-16-21-17-19-22(20-18-21)24-25-23/h17-20,25H,2-16H2,1H3/q+1. The van der Waals surface area contributed by atoms with Gasteiger partial charge >= 0.3 is 8.69 Å². The first-order valence-corrected chi connectivity index (χ1v) is 11.3. The van der Waals surface area contributed by atoms with Gasteiger partial charge in [0.1, 0.15) is 0 Å². The second-order valence-corrected chi connectivity index (χ2v) is 7.55. The number of hydrogen-bond acceptors (Lipinski definition) is 2. The number of benzene rings is 1. The van der Waals surface area contributed by atoms with E-state index < -0.39 is 8.69 Å². The zero-order valence-electron chi connectivity index (χ0n) is 16.2. The molecule has 0 aromatic heterocycles. The summed E-state index contributed by atoms with van der Waals surface area (Å²) in [5.74, 6) is 0.693. The molecule has 0 heterocycles. The second kappa shape index (κ2) is 16.6. The van der Waals surface area contributed by atoms with Crippen LogP contribution in [-0.2, 0) is 11.0 Å². The van der Waals surface area contributed by atoms with Crippen molar-refractivity contribution >= 4 is 8.69 Å². The quantitative estimate of drug-likeness (QED) is 0.206. The molecule has 1 unspecified atom stereocenters. The van der Waals surface area contributed by atoms with Gasteiger partial charge in [-0.15, -0.1) is 0 Å². The summed E-state index contributed by atoms with van der Waals surface area (Å²) in [6.07, 6.45) is 20.8. The molecular weight excluding hydrogens is 327 g/mol. The van der Waals surface area contributed by atoms with Gasteiger partial charge in [-0.3, -0.25) is 4.52 Å². The van der Waals surface area contributed by atoms with Gasteiger partial charge in [-0.05, 0) is 35.1 Å². The molecule has 0 amide bonds. The molecule has 0 saturated heterocycles. The van der Waals surface area contributed by atoms with E-state index in [1.165, 1.54) is 95.5 Å². The lowest BCUT2D eigenvalue weighted by molar-refractivity contribution is 0.525.